The van der Waals surface area contributed by atoms with Crippen molar-refractivity contribution in [3.05, 3.63) is 99.1 Å². The van der Waals surface area contributed by atoms with Crippen molar-refractivity contribution in [2.75, 3.05) is 11.5 Å². The van der Waals surface area contributed by atoms with E-state index in [9.17, 15) is 24.5 Å². The van der Waals surface area contributed by atoms with Gasteiger partial charge >= 0.3 is 5.97 Å². The predicted octanol–water partition coefficient (Wildman–Crippen LogP) is 3.41. The summed E-state index contributed by atoms with van der Waals surface area (Å²) in [6.45, 7) is 3.60. The lowest BCUT2D eigenvalue weighted by atomic mass is 10.0. The quantitative estimate of drug-likeness (QED) is 0.217. The first-order valence-corrected chi connectivity index (χ1v) is 13.1. The number of rotatable bonds is 10. The zero-order chi connectivity index (χ0) is 25.7. The van der Waals surface area contributed by atoms with Gasteiger partial charge in [0, 0.05) is 23.6 Å². The van der Waals surface area contributed by atoms with E-state index in [1.54, 1.807) is 5.41 Å². The maximum Gasteiger partial charge on any atom is 0.355 e. The highest BCUT2D eigenvalue weighted by molar-refractivity contribution is 8.02. The molecule has 2 aliphatic heterocycles. The van der Waals surface area contributed by atoms with Gasteiger partial charge in [0.05, 0.1) is 11.3 Å². The number of ether oxygens (including phenoxy) is 1. The van der Waals surface area contributed by atoms with Crippen LogP contribution in [0.5, 0.6) is 0 Å². The fourth-order valence-corrected chi connectivity index (χ4v) is 5.91. The molecule has 0 radical (unpaired) electrons. The Hall–Kier alpha value is -3.57. The molecule has 36 heavy (non-hydrogen) atoms. The highest BCUT2D eigenvalue weighted by Crippen LogP contribution is 2.41. The summed E-state index contributed by atoms with van der Waals surface area (Å²) in [6.07, 6.45) is 0.156. The fourth-order valence-electron chi connectivity index (χ4n) is 3.88. The Morgan fingerprint density at radius 2 is 1.92 bits per heavy atom. The molecule has 2 aromatic carbocycles. The molecular weight excluding hydrogens is 502 g/mol. The van der Waals surface area contributed by atoms with Gasteiger partial charge in [-0.3, -0.25) is 24.6 Å². The smallest absolute Gasteiger partial charge is 0.355 e. The van der Waals surface area contributed by atoms with Crippen LogP contribution in [0.2, 0.25) is 0 Å². The lowest BCUT2D eigenvalue weighted by Crippen LogP contribution is -2.70. The number of benzene rings is 2. The Kier molecular flexibility index (Phi) is 8.11. The van der Waals surface area contributed by atoms with Crippen molar-refractivity contribution in [3.8, 4) is 0 Å². The molecule has 4 rings (SSSR count). The van der Waals surface area contributed by atoms with Crippen LogP contribution in [0.3, 0.4) is 0 Å². The van der Waals surface area contributed by atoms with Crippen LogP contribution in [0.1, 0.15) is 11.1 Å². The van der Waals surface area contributed by atoms with Gasteiger partial charge in [-0.15, -0.1) is 23.5 Å². The van der Waals surface area contributed by atoms with E-state index in [1.807, 2.05) is 30.3 Å². The van der Waals surface area contributed by atoms with E-state index in [0.29, 0.717) is 17.1 Å². The van der Waals surface area contributed by atoms with E-state index >= 15 is 0 Å². The van der Waals surface area contributed by atoms with Crippen molar-refractivity contribution >= 4 is 47.0 Å². The monoisotopic (exact) mass is 525 g/mol. The van der Waals surface area contributed by atoms with Crippen LogP contribution in [0, 0.1) is 10.1 Å². The number of non-ortho nitro benzene ring substituents is 1. The summed E-state index contributed by atoms with van der Waals surface area (Å²) in [7, 11) is 0. The average Bonchev–Trinajstić information content (AvgIpc) is 2.89. The van der Waals surface area contributed by atoms with Gasteiger partial charge < -0.3 is 10.1 Å². The number of hydrogen-bond acceptors (Lipinski definition) is 8. The molecule has 0 saturated carbocycles. The van der Waals surface area contributed by atoms with Crippen molar-refractivity contribution in [2.24, 2.45) is 0 Å². The third kappa shape index (κ3) is 5.63. The molecule has 11 heteroatoms. The second kappa shape index (κ2) is 11.4. The third-order valence-electron chi connectivity index (χ3n) is 5.66. The Morgan fingerprint density at radius 1 is 1.19 bits per heavy atom. The van der Waals surface area contributed by atoms with Gasteiger partial charge in [-0.2, -0.15) is 0 Å². The highest BCUT2D eigenvalue weighted by Gasteiger charge is 2.54. The number of amides is 2. The van der Waals surface area contributed by atoms with E-state index in [0.717, 1.165) is 11.1 Å². The van der Waals surface area contributed by atoms with Crippen molar-refractivity contribution in [3.63, 3.8) is 0 Å². The Labute approximate surface area is 216 Å². The summed E-state index contributed by atoms with van der Waals surface area (Å²) in [4.78, 5) is 50.4. The second-order valence-electron chi connectivity index (χ2n) is 8.05. The second-order valence-corrected chi connectivity index (χ2v) is 10.1. The van der Waals surface area contributed by atoms with Crippen LogP contribution < -0.4 is 5.32 Å². The first kappa shape index (κ1) is 25.5. The number of hydrogen-bond donors (Lipinski definition) is 1. The van der Waals surface area contributed by atoms with E-state index in [2.05, 4.69) is 11.9 Å². The molecule has 0 bridgehead atoms. The standard InChI is InChI=1S/C25H23N3O6S2/c1-2-35-14-18-15-36-24-21(26-20(29)12-16-6-4-3-5-7-16)23(30)27(24)22(18)25(31)34-13-17-8-10-19(11-9-17)28(32)33/h2-11,21,24H,1,12-15H2,(H,26,29)/t21?,24-/m1/s1. The predicted molar refractivity (Wildman–Crippen MR) is 138 cm³/mol. The SMILES string of the molecule is C=CSCC1=C(C(=O)OCc2ccc([N+](=O)[O-])cc2)N2C(=O)C(NC(=O)Cc3ccccc3)[C@H]2SC1. The van der Waals surface area contributed by atoms with Gasteiger partial charge in [0.15, 0.2) is 0 Å². The summed E-state index contributed by atoms with van der Waals surface area (Å²) >= 11 is 2.89. The van der Waals surface area contributed by atoms with Gasteiger partial charge in [0.25, 0.3) is 11.6 Å². The average molecular weight is 526 g/mol. The topological polar surface area (TPSA) is 119 Å². The summed E-state index contributed by atoms with van der Waals surface area (Å²) in [5.41, 5.74) is 2.30. The number of nitro benzene ring substituents is 1. The van der Waals surface area contributed by atoms with Crippen LogP contribution in [0.15, 0.2) is 77.9 Å². The summed E-state index contributed by atoms with van der Waals surface area (Å²) < 4.78 is 5.48. The minimum Gasteiger partial charge on any atom is -0.456 e. The molecule has 1 N–H and O–H groups in total. The molecular formula is C25H23N3O6S2. The number of nitrogens with zero attached hydrogens (tertiary/aromatic N) is 2. The number of esters is 1. The van der Waals surface area contributed by atoms with Crippen molar-refractivity contribution < 1.29 is 24.0 Å². The molecule has 1 saturated heterocycles. The van der Waals surface area contributed by atoms with E-state index in [4.69, 9.17) is 4.74 Å². The molecule has 2 aliphatic rings. The van der Waals surface area contributed by atoms with Gasteiger partial charge in [0.1, 0.15) is 23.7 Å². The minimum atomic E-state index is -0.725. The van der Waals surface area contributed by atoms with E-state index in [1.165, 1.54) is 52.7 Å². The molecule has 1 fully saturated rings. The van der Waals surface area contributed by atoms with E-state index in [-0.39, 0.29) is 36.2 Å². The zero-order valence-electron chi connectivity index (χ0n) is 19.1. The van der Waals surface area contributed by atoms with Crippen LogP contribution in [0.25, 0.3) is 0 Å². The number of carbonyl (C=O) groups is 3. The molecule has 2 amide bonds. The molecule has 186 valence electrons. The largest absolute Gasteiger partial charge is 0.456 e. The zero-order valence-corrected chi connectivity index (χ0v) is 20.8. The number of β-lactam (4-membered cyclic amide) rings is 1. The minimum absolute atomic E-state index is 0.0600. The molecule has 0 spiro atoms. The number of thioether (sulfide) groups is 2. The number of nitrogens with one attached hydrogen (secondary N) is 1. The number of nitro groups is 1. The maximum absolute atomic E-state index is 13.1. The number of fused-ring (bicyclic) bond motifs is 1. The molecule has 0 aliphatic carbocycles. The van der Waals surface area contributed by atoms with Crippen molar-refractivity contribution in [2.45, 2.75) is 24.4 Å². The maximum atomic E-state index is 13.1. The third-order valence-corrected chi connectivity index (χ3v) is 7.75. The summed E-state index contributed by atoms with van der Waals surface area (Å²) in [5, 5.41) is 14.9. The van der Waals surface area contributed by atoms with E-state index < -0.39 is 22.3 Å². The lowest BCUT2D eigenvalue weighted by molar-refractivity contribution is -0.384. The molecule has 2 aromatic rings. The normalized spacial score (nSPS) is 18.7. The van der Waals surface area contributed by atoms with Gasteiger partial charge in [0.2, 0.25) is 5.91 Å². The van der Waals surface area contributed by atoms with Crippen LogP contribution in [0.4, 0.5) is 5.69 Å². The molecule has 9 nitrogen and oxygen atoms in total. The number of carbonyl (C=O) groups excluding carboxylic acids is 3. The highest BCUT2D eigenvalue weighted by atomic mass is 32.2. The van der Waals surface area contributed by atoms with Crippen molar-refractivity contribution in [1.82, 2.24) is 10.2 Å². The Morgan fingerprint density at radius 3 is 2.58 bits per heavy atom. The summed E-state index contributed by atoms with van der Waals surface area (Å²) in [6, 6.07) is 14.2. The lowest BCUT2D eigenvalue weighted by Gasteiger charge is -2.49. The fraction of sp³-hybridized carbons (Fsp3) is 0.240. The van der Waals surface area contributed by atoms with Crippen LogP contribution >= 0.6 is 23.5 Å². The van der Waals surface area contributed by atoms with Gasteiger partial charge in [-0.25, -0.2) is 4.79 Å². The Bertz CT molecular complexity index is 1220. The first-order chi connectivity index (χ1) is 17.4. The molecule has 2 atom stereocenters. The van der Waals surface area contributed by atoms with Crippen LogP contribution in [-0.4, -0.2) is 50.5 Å². The molecule has 0 aromatic heterocycles. The van der Waals surface area contributed by atoms with Crippen LogP contribution in [-0.2, 0) is 32.1 Å². The van der Waals surface area contributed by atoms with Crippen molar-refractivity contribution in [1.29, 1.82) is 0 Å². The molecule has 1 unspecified atom stereocenters. The first-order valence-electron chi connectivity index (χ1n) is 11.0. The Balaban J connectivity index is 1.44. The van der Waals surface area contributed by atoms with Gasteiger partial charge in [-0.1, -0.05) is 36.9 Å². The molecule has 2 heterocycles. The van der Waals surface area contributed by atoms with Gasteiger partial charge in [-0.05, 0) is 34.2 Å². The summed E-state index contributed by atoms with van der Waals surface area (Å²) in [5.74, 6) is -0.306.